The van der Waals surface area contributed by atoms with Gasteiger partial charge in [0.05, 0.1) is 18.1 Å². The molecule has 0 atom stereocenters. The molecule has 4 N–H and O–H groups in total. The Bertz CT molecular complexity index is 795. The first-order valence-electron chi connectivity index (χ1n) is 8.43. The number of nitrogens with two attached hydrogens (primary N) is 2. The molecule has 0 saturated heterocycles. The number of rotatable bonds is 8. The molecule has 0 fully saturated rings. The predicted octanol–water partition coefficient (Wildman–Crippen LogP) is 4.29. The third-order valence-electron chi connectivity index (χ3n) is 3.24. The summed E-state index contributed by atoms with van der Waals surface area (Å²) >= 11 is 3.40. The summed E-state index contributed by atoms with van der Waals surface area (Å²) in [6.07, 6.45) is 1.72. The van der Waals surface area contributed by atoms with Gasteiger partial charge >= 0.3 is 0 Å². The molecule has 0 bridgehead atoms. The number of halogens is 2. The van der Waals surface area contributed by atoms with E-state index in [0.717, 1.165) is 0 Å². The molecular formula is C19H25BrFN5O. The first kappa shape index (κ1) is 22.6. The van der Waals surface area contributed by atoms with Crippen LogP contribution in [0, 0.1) is 5.82 Å². The lowest BCUT2D eigenvalue weighted by Crippen LogP contribution is -2.12. The molecule has 8 heteroatoms. The average Bonchev–Trinajstić information content (AvgIpc) is 2.60. The van der Waals surface area contributed by atoms with Crippen LogP contribution >= 0.6 is 15.9 Å². The number of hydrogen-bond acceptors (Lipinski definition) is 4. The topological polar surface area (TPSA) is 98.3 Å². The molecular weight excluding hydrogens is 413 g/mol. The summed E-state index contributed by atoms with van der Waals surface area (Å²) in [5.74, 6) is 0.644. The van der Waals surface area contributed by atoms with Gasteiger partial charge in [-0.15, -0.1) is 0 Å². The maximum atomic E-state index is 13.7. The van der Waals surface area contributed by atoms with E-state index in [1.807, 2.05) is 13.8 Å². The van der Waals surface area contributed by atoms with Gasteiger partial charge in [-0.3, -0.25) is 4.99 Å². The van der Waals surface area contributed by atoms with Crippen LogP contribution in [0.15, 0.2) is 51.5 Å². The molecule has 6 nitrogen and oxygen atoms in total. The molecule has 0 heterocycles. The van der Waals surface area contributed by atoms with Gasteiger partial charge in [-0.25, -0.2) is 14.4 Å². The van der Waals surface area contributed by atoms with E-state index in [4.69, 9.17) is 16.2 Å². The quantitative estimate of drug-likeness (QED) is 0.360. The molecule has 0 radical (unpaired) electrons. The van der Waals surface area contributed by atoms with Crippen LogP contribution in [0.3, 0.4) is 0 Å². The highest BCUT2D eigenvalue weighted by atomic mass is 79.9. The van der Waals surface area contributed by atoms with Crippen molar-refractivity contribution in [3.8, 4) is 0 Å². The predicted molar refractivity (Wildman–Crippen MR) is 115 cm³/mol. The lowest BCUT2D eigenvalue weighted by atomic mass is 10.1. The van der Waals surface area contributed by atoms with Crippen molar-refractivity contribution in [2.75, 3.05) is 13.2 Å². The zero-order valence-electron chi connectivity index (χ0n) is 15.8. The first-order chi connectivity index (χ1) is 12.8. The molecule has 146 valence electrons. The Kier molecular flexibility index (Phi) is 9.42. The minimum Gasteiger partial charge on any atom is -0.494 e. The van der Waals surface area contributed by atoms with E-state index in [-0.39, 0.29) is 6.42 Å². The van der Waals surface area contributed by atoms with Crippen molar-refractivity contribution in [3.63, 3.8) is 0 Å². The number of aliphatic imine (C=N–C) groups is 3. The van der Waals surface area contributed by atoms with Crippen molar-refractivity contribution in [1.29, 1.82) is 0 Å². The first-order valence-corrected chi connectivity index (χ1v) is 9.22. The van der Waals surface area contributed by atoms with Crippen LogP contribution in [0.2, 0.25) is 0 Å². The lowest BCUT2D eigenvalue weighted by Gasteiger charge is -2.11. The number of hydrogen-bond donors (Lipinski definition) is 2. The molecule has 27 heavy (non-hydrogen) atoms. The van der Waals surface area contributed by atoms with E-state index in [1.54, 1.807) is 6.92 Å². The monoisotopic (exact) mass is 437 g/mol. The van der Waals surface area contributed by atoms with Crippen LogP contribution < -0.4 is 11.5 Å². The molecule has 1 aromatic rings. The Labute approximate surface area is 167 Å². The summed E-state index contributed by atoms with van der Waals surface area (Å²) in [7, 11) is 0. The lowest BCUT2D eigenvalue weighted by molar-refractivity contribution is 0.299. The zero-order chi connectivity index (χ0) is 20.4. The van der Waals surface area contributed by atoms with E-state index in [2.05, 4.69) is 37.5 Å². The summed E-state index contributed by atoms with van der Waals surface area (Å²) in [4.78, 5) is 13.1. The third-order valence-corrected chi connectivity index (χ3v) is 4.00. The second kappa shape index (κ2) is 11.3. The van der Waals surface area contributed by atoms with E-state index in [1.165, 1.54) is 24.4 Å². The van der Waals surface area contributed by atoms with Gasteiger partial charge in [-0.05, 0) is 54.9 Å². The molecule has 0 aliphatic carbocycles. The highest BCUT2D eigenvalue weighted by Crippen LogP contribution is 2.28. The van der Waals surface area contributed by atoms with Crippen LogP contribution in [0.1, 0.15) is 32.8 Å². The SMILES string of the molecule is C=C(OCC)c1cc(F)ccc1N=C(CC(=CN)C(Br)=NCC)N=C(C)N. The van der Waals surface area contributed by atoms with E-state index in [0.29, 0.717) is 52.0 Å². The van der Waals surface area contributed by atoms with Gasteiger partial charge in [0.2, 0.25) is 0 Å². The Hall–Kier alpha value is -2.48. The maximum absolute atomic E-state index is 13.7. The van der Waals surface area contributed by atoms with Crippen molar-refractivity contribution in [1.82, 2.24) is 0 Å². The maximum Gasteiger partial charge on any atom is 0.135 e. The van der Waals surface area contributed by atoms with Crippen LogP contribution in [0.4, 0.5) is 10.1 Å². The molecule has 0 aliphatic heterocycles. The fraction of sp³-hybridized carbons (Fsp3) is 0.316. The second-order valence-corrected chi connectivity index (χ2v) is 6.18. The smallest absolute Gasteiger partial charge is 0.135 e. The summed E-state index contributed by atoms with van der Waals surface area (Å²) in [6, 6.07) is 4.17. The summed E-state index contributed by atoms with van der Waals surface area (Å²) in [5, 5.41) is 0. The third kappa shape index (κ3) is 7.34. The summed E-state index contributed by atoms with van der Waals surface area (Å²) in [6.45, 7) is 10.2. The van der Waals surface area contributed by atoms with Gasteiger partial charge in [-0.2, -0.15) is 0 Å². The normalized spacial score (nSPS) is 13.7. The van der Waals surface area contributed by atoms with Crippen LogP contribution in [0.5, 0.6) is 0 Å². The van der Waals surface area contributed by atoms with Gasteiger partial charge in [0.25, 0.3) is 0 Å². The van der Waals surface area contributed by atoms with Gasteiger partial charge in [0.15, 0.2) is 0 Å². The number of nitrogens with zero attached hydrogens (tertiary/aromatic N) is 3. The largest absolute Gasteiger partial charge is 0.494 e. The van der Waals surface area contributed by atoms with E-state index in [9.17, 15) is 4.39 Å². The van der Waals surface area contributed by atoms with E-state index < -0.39 is 5.82 Å². The van der Waals surface area contributed by atoms with Crippen molar-refractivity contribution in [2.24, 2.45) is 26.4 Å². The fourth-order valence-electron chi connectivity index (χ4n) is 2.14. The van der Waals surface area contributed by atoms with Crippen LogP contribution in [0.25, 0.3) is 5.76 Å². The number of benzene rings is 1. The Balaban J connectivity index is 3.41. The molecule has 0 unspecified atom stereocenters. The van der Waals surface area contributed by atoms with Crippen molar-refractivity contribution in [2.45, 2.75) is 27.2 Å². The Morgan fingerprint density at radius 1 is 1.37 bits per heavy atom. The second-order valence-electron chi connectivity index (χ2n) is 5.43. The van der Waals surface area contributed by atoms with Gasteiger partial charge in [0.1, 0.15) is 22.0 Å². The van der Waals surface area contributed by atoms with Gasteiger partial charge in [-0.1, -0.05) is 6.58 Å². The Morgan fingerprint density at radius 2 is 2.07 bits per heavy atom. The van der Waals surface area contributed by atoms with Crippen molar-refractivity contribution >= 4 is 43.7 Å². The van der Waals surface area contributed by atoms with Crippen molar-refractivity contribution in [3.05, 3.63) is 47.9 Å². The minimum absolute atomic E-state index is 0.285. The van der Waals surface area contributed by atoms with Crippen LogP contribution in [-0.4, -0.2) is 29.4 Å². The molecule has 1 rings (SSSR count). The molecule has 0 spiro atoms. The average molecular weight is 438 g/mol. The molecule has 0 aromatic heterocycles. The van der Waals surface area contributed by atoms with Crippen molar-refractivity contribution < 1.29 is 9.13 Å². The highest BCUT2D eigenvalue weighted by Gasteiger charge is 2.12. The van der Waals surface area contributed by atoms with E-state index >= 15 is 0 Å². The minimum atomic E-state index is -0.412. The fourth-order valence-corrected chi connectivity index (χ4v) is 2.66. The number of ether oxygens (including phenoxy) is 1. The van der Waals surface area contributed by atoms with Crippen LogP contribution in [-0.2, 0) is 4.74 Å². The summed E-state index contributed by atoms with van der Waals surface area (Å²) < 4.78 is 19.7. The van der Waals surface area contributed by atoms with Gasteiger partial charge < -0.3 is 16.2 Å². The summed E-state index contributed by atoms with van der Waals surface area (Å²) in [5.41, 5.74) is 13.1. The number of amidine groups is 2. The highest BCUT2D eigenvalue weighted by molar-refractivity contribution is 9.18. The molecule has 0 amide bonds. The molecule has 0 saturated carbocycles. The molecule has 0 aliphatic rings. The Morgan fingerprint density at radius 3 is 2.63 bits per heavy atom. The zero-order valence-corrected chi connectivity index (χ0v) is 17.4. The standard InChI is InChI=1S/C19H25BrFN5O/c1-5-24-19(20)14(11-22)9-18(25-13(4)23)26-17-8-7-15(21)10-16(17)12(3)27-6-2/h7-8,10-11H,3,5-6,9,22H2,1-2,4H3,(H2,23,25,26). The van der Waals surface area contributed by atoms with Gasteiger partial charge in [0, 0.05) is 30.3 Å². The molecule has 1 aromatic carbocycles.